The van der Waals surface area contributed by atoms with E-state index in [1.807, 2.05) is 7.05 Å². The normalized spacial score (nSPS) is 11.2. The first-order valence-corrected chi connectivity index (χ1v) is 9.22. The summed E-state index contributed by atoms with van der Waals surface area (Å²) in [7, 11) is 3.37. The van der Waals surface area contributed by atoms with E-state index in [0.29, 0.717) is 24.4 Å². The molecule has 5 nitrogen and oxygen atoms in total. The molecule has 3 rings (SSSR count). The number of carbonyl (C=O) groups excluding carboxylic acids is 1. The second kappa shape index (κ2) is 7.29. The van der Waals surface area contributed by atoms with Gasteiger partial charge in [-0.3, -0.25) is 4.90 Å². The minimum absolute atomic E-state index is 0.370. The van der Waals surface area contributed by atoms with Crippen molar-refractivity contribution >= 4 is 28.6 Å². The molecule has 0 spiro atoms. The number of thiazole rings is 1. The van der Waals surface area contributed by atoms with Gasteiger partial charge >= 0.3 is 5.97 Å². The summed E-state index contributed by atoms with van der Waals surface area (Å²) in [5.41, 5.74) is 2.68. The van der Waals surface area contributed by atoms with Crippen molar-refractivity contribution in [2.45, 2.75) is 20.0 Å². The lowest BCUT2D eigenvalue weighted by atomic mass is 10.2. The number of aromatic nitrogens is 1. The summed E-state index contributed by atoms with van der Waals surface area (Å²) >= 11 is 3.33. The molecule has 0 bridgehead atoms. The molecule has 3 aromatic rings. The summed E-state index contributed by atoms with van der Waals surface area (Å²) in [6.07, 6.45) is 0. The van der Waals surface area contributed by atoms with E-state index in [0.717, 1.165) is 16.5 Å². The lowest BCUT2D eigenvalue weighted by molar-refractivity contribution is 0.0599. The summed E-state index contributed by atoms with van der Waals surface area (Å²) in [5, 5.41) is 7.28. The van der Waals surface area contributed by atoms with Crippen LogP contribution in [-0.2, 0) is 17.8 Å². The summed E-state index contributed by atoms with van der Waals surface area (Å²) in [6, 6.07) is 3.83. The number of esters is 1. The molecule has 0 radical (unpaired) electrons. The summed E-state index contributed by atoms with van der Waals surface area (Å²) in [4.78, 5) is 18.4. The Morgan fingerprint density at radius 3 is 2.92 bits per heavy atom. The van der Waals surface area contributed by atoms with Crippen molar-refractivity contribution in [3.8, 4) is 10.6 Å². The molecule has 0 aliphatic rings. The first-order chi connectivity index (χ1) is 11.6. The molecule has 0 unspecified atom stereocenters. The molecule has 0 atom stereocenters. The van der Waals surface area contributed by atoms with Gasteiger partial charge in [0.25, 0.3) is 0 Å². The maximum atomic E-state index is 11.6. The minimum Gasteiger partial charge on any atom is -0.465 e. The maximum Gasteiger partial charge on any atom is 0.341 e. The number of methoxy groups -OCH3 is 1. The Kier molecular flexibility index (Phi) is 5.13. The number of nitrogens with zero attached hydrogens (tertiary/aromatic N) is 2. The standard InChI is InChI=1S/C17H18N2O3S2/c1-11-15(17(20)21-3)6-14(22-11)8-19(2)7-13-10-24-16(18-13)12-4-5-23-9-12/h4-6,9-10H,7-8H2,1-3H3. The maximum absolute atomic E-state index is 11.6. The predicted molar refractivity (Wildman–Crippen MR) is 95.4 cm³/mol. The highest BCUT2D eigenvalue weighted by atomic mass is 32.1. The van der Waals surface area contributed by atoms with Gasteiger partial charge in [-0.2, -0.15) is 11.3 Å². The zero-order valence-corrected chi connectivity index (χ0v) is 15.4. The Morgan fingerprint density at radius 2 is 2.21 bits per heavy atom. The fourth-order valence-corrected chi connectivity index (χ4v) is 3.95. The molecule has 0 aliphatic heterocycles. The van der Waals surface area contributed by atoms with Crippen molar-refractivity contribution in [3.63, 3.8) is 0 Å². The van der Waals surface area contributed by atoms with Gasteiger partial charge in [-0.05, 0) is 31.5 Å². The summed E-state index contributed by atoms with van der Waals surface area (Å²) in [6.45, 7) is 3.08. The topological polar surface area (TPSA) is 55.6 Å². The van der Waals surface area contributed by atoms with E-state index in [4.69, 9.17) is 9.15 Å². The van der Waals surface area contributed by atoms with Crippen LogP contribution >= 0.6 is 22.7 Å². The predicted octanol–water partition coefficient (Wildman–Crippen LogP) is 4.19. The number of hydrogen-bond donors (Lipinski definition) is 0. The lowest BCUT2D eigenvalue weighted by Gasteiger charge is -2.13. The first-order valence-electron chi connectivity index (χ1n) is 7.40. The number of carbonyl (C=O) groups is 1. The average Bonchev–Trinajstić information content (AvgIpc) is 3.27. The fourth-order valence-electron chi connectivity index (χ4n) is 2.43. The van der Waals surface area contributed by atoms with Gasteiger partial charge in [0, 0.05) is 22.9 Å². The number of hydrogen-bond acceptors (Lipinski definition) is 7. The monoisotopic (exact) mass is 362 g/mol. The number of thiophene rings is 1. The number of furan rings is 1. The van der Waals surface area contributed by atoms with Crippen molar-refractivity contribution in [3.05, 3.63) is 51.1 Å². The minimum atomic E-state index is -0.370. The van der Waals surface area contributed by atoms with E-state index in [9.17, 15) is 4.79 Å². The van der Waals surface area contributed by atoms with E-state index in [-0.39, 0.29) is 5.97 Å². The Bertz CT molecular complexity index is 821. The van der Waals surface area contributed by atoms with Crippen LogP contribution in [0.15, 0.2) is 32.7 Å². The average molecular weight is 362 g/mol. The Balaban J connectivity index is 1.64. The van der Waals surface area contributed by atoms with Gasteiger partial charge in [0.05, 0.1) is 19.3 Å². The molecule has 3 heterocycles. The molecule has 0 N–H and O–H groups in total. The molecule has 3 aromatic heterocycles. The molecule has 0 saturated heterocycles. The molecule has 7 heteroatoms. The SMILES string of the molecule is COC(=O)c1cc(CN(C)Cc2csc(-c3ccsc3)n2)oc1C. The van der Waals surface area contributed by atoms with Gasteiger partial charge in [0.15, 0.2) is 0 Å². The second-order valence-corrected chi connectivity index (χ2v) is 7.14. The third kappa shape index (κ3) is 3.75. The van der Waals surface area contributed by atoms with Crippen molar-refractivity contribution in [2.24, 2.45) is 0 Å². The van der Waals surface area contributed by atoms with Crippen LogP contribution in [0.1, 0.15) is 27.6 Å². The van der Waals surface area contributed by atoms with Crippen LogP contribution < -0.4 is 0 Å². The smallest absolute Gasteiger partial charge is 0.341 e. The summed E-state index contributed by atoms with van der Waals surface area (Å²) < 4.78 is 10.4. The zero-order chi connectivity index (χ0) is 17.1. The van der Waals surface area contributed by atoms with E-state index < -0.39 is 0 Å². The largest absolute Gasteiger partial charge is 0.465 e. The second-order valence-electron chi connectivity index (χ2n) is 5.50. The van der Waals surface area contributed by atoms with Gasteiger partial charge < -0.3 is 9.15 Å². The molecule has 0 aliphatic carbocycles. The molecular formula is C17H18N2O3S2. The van der Waals surface area contributed by atoms with Crippen LogP contribution in [0.5, 0.6) is 0 Å². The third-order valence-corrected chi connectivity index (χ3v) is 5.18. The Hall–Kier alpha value is -1.96. The van der Waals surface area contributed by atoms with Crippen molar-refractivity contribution in [1.29, 1.82) is 0 Å². The highest BCUT2D eigenvalue weighted by Gasteiger charge is 2.16. The molecule has 0 aromatic carbocycles. The van der Waals surface area contributed by atoms with Gasteiger partial charge in [-0.1, -0.05) is 0 Å². The number of aryl methyl sites for hydroxylation is 1. The van der Waals surface area contributed by atoms with E-state index >= 15 is 0 Å². The van der Waals surface area contributed by atoms with Crippen LogP contribution in [0.4, 0.5) is 0 Å². The van der Waals surface area contributed by atoms with Gasteiger partial charge in [0.2, 0.25) is 0 Å². The summed E-state index contributed by atoms with van der Waals surface area (Å²) in [5.74, 6) is 0.951. The van der Waals surface area contributed by atoms with E-state index in [2.05, 4.69) is 32.1 Å². The van der Waals surface area contributed by atoms with Crippen LogP contribution in [0, 0.1) is 6.92 Å². The molecule has 24 heavy (non-hydrogen) atoms. The third-order valence-electron chi connectivity index (χ3n) is 3.55. The number of ether oxygens (including phenoxy) is 1. The quantitative estimate of drug-likeness (QED) is 0.615. The molecule has 126 valence electrons. The molecule has 0 saturated carbocycles. The van der Waals surface area contributed by atoms with Crippen molar-refractivity contribution in [2.75, 3.05) is 14.2 Å². The Morgan fingerprint density at radius 1 is 1.38 bits per heavy atom. The molecule has 0 amide bonds. The van der Waals surface area contributed by atoms with Gasteiger partial charge in [-0.15, -0.1) is 11.3 Å². The van der Waals surface area contributed by atoms with Crippen LogP contribution in [0.25, 0.3) is 10.6 Å². The number of rotatable bonds is 6. The zero-order valence-electron chi connectivity index (χ0n) is 13.7. The van der Waals surface area contributed by atoms with Crippen LogP contribution in [0.3, 0.4) is 0 Å². The Labute approximate surface area is 148 Å². The molecular weight excluding hydrogens is 344 g/mol. The van der Waals surface area contributed by atoms with Crippen molar-refractivity contribution < 1.29 is 13.9 Å². The lowest BCUT2D eigenvalue weighted by Crippen LogP contribution is -2.17. The highest BCUT2D eigenvalue weighted by Crippen LogP contribution is 2.26. The van der Waals surface area contributed by atoms with Crippen molar-refractivity contribution in [1.82, 2.24) is 9.88 Å². The van der Waals surface area contributed by atoms with E-state index in [1.165, 1.54) is 12.7 Å². The highest BCUT2D eigenvalue weighted by molar-refractivity contribution is 7.14. The van der Waals surface area contributed by atoms with Crippen LogP contribution in [-0.4, -0.2) is 30.0 Å². The van der Waals surface area contributed by atoms with Gasteiger partial charge in [-0.25, -0.2) is 9.78 Å². The fraction of sp³-hybridized carbons (Fsp3) is 0.294. The van der Waals surface area contributed by atoms with E-state index in [1.54, 1.807) is 35.7 Å². The van der Waals surface area contributed by atoms with Gasteiger partial charge in [0.1, 0.15) is 22.1 Å². The first kappa shape index (κ1) is 16.9. The van der Waals surface area contributed by atoms with Crippen LogP contribution in [0.2, 0.25) is 0 Å². The molecule has 0 fully saturated rings.